The van der Waals surface area contributed by atoms with Crippen LogP contribution in [0.15, 0.2) is 51.4 Å². The van der Waals surface area contributed by atoms with Crippen LogP contribution in [0.2, 0.25) is 5.02 Å². The fraction of sp³-hybridized carbons (Fsp3) is 0.259. The molecule has 1 aliphatic carbocycles. The molecule has 9 nitrogen and oxygen atoms in total. The number of ketones is 2. The van der Waals surface area contributed by atoms with Gasteiger partial charge in [0.25, 0.3) is 5.56 Å². The summed E-state index contributed by atoms with van der Waals surface area (Å²) < 4.78 is 0.888. The van der Waals surface area contributed by atoms with Gasteiger partial charge in [-0.05, 0) is 37.6 Å². The standard InChI is InChI=1S/C27H24ClN5O4/c1-3-4-5-6-12-30-33-26(36)20(14-29)15(2)23(27(33)37)32-31-21-9-7-8-18-22(21)25(35)19-13-16(28)10-11-17(19)24(18)34/h7-11,13,30,37H,3-6,12H2,1-2H3/b32-31+. The molecule has 0 bridgehead atoms. The number of azo groups is 1. The SMILES string of the molecule is CCCCCCNn1c(O)c(/N=N/c2cccc3c2C(=O)c2cc(Cl)ccc2C3=O)c(C)c(C#N)c1=O. The number of hydrogen-bond donors (Lipinski definition) is 2. The van der Waals surface area contributed by atoms with Crippen LogP contribution >= 0.6 is 11.6 Å². The van der Waals surface area contributed by atoms with Gasteiger partial charge in [0.2, 0.25) is 5.88 Å². The summed E-state index contributed by atoms with van der Waals surface area (Å²) in [5.74, 6) is -1.28. The Bertz CT molecular complexity index is 1550. The predicted octanol–water partition coefficient (Wildman–Crippen LogP) is 5.70. The molecule has 1 heterocycles. The van der Waals surface area contributed by atoms with E-state index in [4.69, 9.17) is 11.6 Å². The maximum Gasteiger partial charge on any atom is 0.290 e. The van der Waals surface area contributed by atoms with Crippen LogP contribution in [0.5, 0.6) is 5.88 Å². The number of carbonyl (C=O) groups is 2. The summed E-state index contributed by atoms with van der Waals surface area (Å²) in [6.45, 7) is 3.97. The Morgan fingerprint density at radius 2 is 1.81 bits per heavy atom. The number of fused-ring (bicyclic) bond motifs is 2. The number of unbranched alkanes of at least 4 members (excludes halogenated alkanes) is 3. The molecule has 2 aromatic carbocycles. The number of aromatic nitrogens is 1. The molecule has 0 atom stereocenters. The van der Waals surface area contributed by atoms with Gasteiger partial charge in [-0.2, -0.15) is 9.94 Å². The van der Waals surface area contributed by atoms with Gasteiger partial charge in [-0.1, -0.05) is 49.9 Å². The van der Waals surface area contributed by atoms with Gasteiger partial charge in [0.05, 0.1) is 11.3 Å². The van der Waals surface area contributed by atoms with Crippen LogP contribution in [0.25, 0.3) is 0 Å². The normalized spacial score (nSPS) is 12.4. The zero-order valence-electron chi connectivity index (χ0n) is 20.3. The summed E-state index contributed by atoms with van der Waals surface area (Å²) in [6, 6.07) is 11.0. The van der Waals surface area contributed by atoms with Crippen LogP contribution in [0.4, 0.5) is 11.4 Å². The van der Waals surface area contributed by atoms with E-state index in [1.54, 1.807) is 12.1 Å². The Morgan fingerprint density at radius 1 is 1.03 bits per heavy atom. The van der Waals surface area contributed by atoms with E-state index in [0.29, 0.717) is 11.6 Å². The quantitative estimate of drug-likeness (QED) is 0.227. The molecule has 0 radical (unpaired) electrons. The summed E-state index contributed by atoms with van der Waals surface area (Å²) in [4.78, 5) is 39.1. The lowest BCUT2D eigenvalue weighted by Crippen LogP contribution is -2.31. The molecule has 1 aromatic heterocycles. The maximum atomic E-state index is 13.3. The van der Waals surface area contributed by atoms with Crippen LogP contribution in [0.1, 0.15) is 75.6 Å². The van der Waals surface area contributed by atoms with Crippen molar-refractivity contribution in [3.05, 3.63) is 85.2 Å². The smallest absolute Gasteiger partial charge is 0.290 e. The molecule has 2 N–H and O–H groups in total. The van der Waals surface area contributed by atoms with Crippen molar-refractivity contribution < 1.29 is 14.7 Å². The Kier molecular flexibility index (Phi) is 7.50. The Labute approximate surface area is 218 Å². The summed E-state index contributed by atoms with van der Waals surface area (Å²) in [6.07, 6.45) is 3.81. The largest absolute Gasteiger partial charge is 0.492 e. The minimum Gasteiger partial charge on any atom is -0.492 e. The Balaban J connectivity index is 1.76. The molecule has 37 heavy (non-hydrogen) atoms. The van der Waals surface area contributed by atoms with Gasteiger partial charge in [-0.3, -0.25) is 14.4 Å². The number of nitrogens with one attached hydrogen (secondary N) is 1. The second kappa shape index (κ2) is 10.8. The van der Waals surface area contributed by atoms with E-state index in [0.717, 1.165) is 30.4 Å². The first-order valence-electron chi connectivity index (χ1n) is 11.9. The van der Waals surface area contributed by atoms with E-state index in [9.17, 15) is 24.8 Å². The number of benzene rings is 2. The number of aromatic hydroxyl groups is 1. The third-order valence-electron chi connectivity index (χ3n) is 6.23. The predicted molar refractivity (Wildman–Crippen MR) is 139 cm³/mol. The maximum absolute atomic E-state index is 13.3. The topological polar surface area (TPSA) is 137 Å². The summed E-state index contributed by atoms with van der Waals surface area (Å²) in [7, 11) is 0. The molecule has 0 unspecified atom stereocenters. The van der Waals surface area contributed by atoms with Crippen LogP contribution in [0, 0.1) is 18.3 Å². The highest BCUT2D eigenvalue weighted by molar-refractivity contribution is 6.34. The first kappa shape index (κ1) is 25.8. The summed E-state index contributed by atoms with van der Waals surface area (Å²) in [5.41, 5.74) is 2.75. The fourth-order valence-electron chi connectivity index (χ4n) is 4.24. The molecular formula is C27H24ClN5O4. The van der Waals surface area contributed by atoms with Gasteiger partial charge in [0.1, 0.15) is 11.6 Å². The highest BCUT2D eigenvalue weighted by atomic mass is 35.5. The third kappa shape index (κ3) is 4.76. The second-order valence-electron chi connectivity index (χ2n) is 8.64. The van der Waals surface area contributed by atoms with Crippen LogP contribution in [-0.4, -0.2) is 27.9 Å². The molecule has 3 aromatic rings. The van der Waals surface area contributed by atoms with Gasteiger partial charge in [-0.15, -0.1) is 10.2 Å². The van der Waals surface area contributed by atoms with E-state index >= 15 is 0 Å². The van der Waals surface area contributed by atoms with Crippen molar-refractivity contribution in [2.75, 3.05) is 12.0 Å². The van der Waals surface area contributed by atoms with Gasteiger partial charge in [0, 0.05) is 33.8 Å². The van der Waals surface area contributed by atoms with Crippen molar-refractivity contribution in [3.63, 3.8) is 0 Å². The van der Waals surface area contributed by atoms with Gasteiger partial charge in [0.15, 0.2) is 17.3 Å². The molecule has 188 valence electrons. The van der Waals surface area contributed by atoms with Crippen molar-refractivity contribution in [2.24, 2.45) is 10.2 Å². The van der Waals surface area contributed by atoms with Crippen molar-refractivity contribution in [3.8, 4) is 11.9 Å². The molecule has 10 heteroatoms. The molecule has 0 saturated carbocycles. The minimum atomic E-state index is -0.696. The van der Waals surface area contributed by atoms with E-state index in [-0.39, 0.29) is 50.5 Å². The summed E-state index contributed by atoms with van der Waals surface area (Å²) >= 11 is 6.06. The van der Waals surface area contributed by atoms with Crippen molar-refractivity contribution in [1.29, 1.82) is 5.26 Å². The summed E-state index contributed by atoms with van der Waals surface area (Å²) in [5, 5.41) is 29.0. The van der Waals surface area contributed by atoms with Crippen LogP contribution < -0.4 is 11.0 Å². The van der Waals surface area contributed by atoms with Crippen molar-refractivity contribution >= 4 is 34.5 Å². The van der Waals surface area contributed by atoms with E-state index in [1.807, 2.05) is 6.07 Å². The lowest BCUT2D eigenvalue weighted by atomic mass is 9.83. The molecule has 0 saturated heterocycles. The highest BCUT2D eigenvalue weighted by Gasteiger charge is 2.32. The average molecular weight is 518 g/mol. The van der Waals surface area contributed by atoms with Crippen molar-refractivity contribution in [1.82, 2.24) is 4.68 Å². The van der Waals surface area contributed by atoms with Crippen LogP contribution in [-0.2, 0) is 0 Å². The zero-order chi connectivity index (χ0) is 26.7. The average Bonchev–Trinajstić information content (AvgIpc) is 2.88. The number of halogens is 1. The lowest BCUT2D eigenvalue weighted by Gasteiger charge is -2.18. The second-order valence-corrected chi connectivity index (χ2v) is 9.08. The minimum absolute atomic E-state index is 0.0611. The third-order valence-corrected chi connectivity index (χ3v) is 6.46. The number of hydrogen-bond acceptors (Lipinski definition) is 8. The Hall–Kier alpha value is -4.29. The molecule has 4 rings (SSSR count). The highest BCUT2D eigenvalue weighted by Crippen LogP contribution is 2.37. The number of carbonyl (C=O) groups excluding carboxylic acids is 2. The molecule has 0 amide bonds. The number of nitriles is 1. The molecule has 0 spiro atoms. The van der Waals surface area contributed by atoms with Gasteiger partial charge >= 0.3 is 0 Å². The molecule has 0 fully saturated rings. The first-order valence-corrected chi connectivity index (χ1v) is 12.2. The number of nitrogens with zero attached hydrogens (tertiary/aromatic N) is 4. The molecule has 1 aliphatic rings. The van der Waals surface area contributed by atoms with E-state index in [2.05, 4.69) is 22.6 Å². The van der Waals surface area contributed by atoms with Gasteiger partial charge < -0.3 is 10.5 Å². The molecule has 0 aliphatic heterocycles. The number of rotatable bonds is 8. The lowest BCUT2D eigenvalue weighted by molar-refractivity contribution is 0.0979. The Morgan fingerprint density at radius 3 is 2.54 bits per heavy atom. The monoisotopic (exact) mass is 517 g/mol. The first-order chi connectivity index (χ1) is 17.8. The fourth-order valence-corrected chi connectivity index (χ4v) is 4.41. The van der Waals surface area contributed by atoms with Gasteiger partial charge in [-0.25, -0.2) is 0 Å². The van der Waals surface area contributed by atoms with E-state index in [1.165, 1.54) is 31.2 Å². The zero-order valence-corrected chi connectivity index (χ0v) is 21.1. The van der Waals surface area contributed by atoms with Crippen molar-refractivity contribution in [2.45, 2.75) is 39.5 Å². The van der Waals surface area contributed by atoms with E-state index < -0.39 is 17.2 Å². The number of pyridine rings is 1. The molecular weight excluding hydrogens is 494 g/mol. The van der Waals surface area contributed by atoms with Crippen LogP contribution in [0.3, 0.4) is 0 Å².